The number of pyridine rings is 1. The van der Waals surface area contributed by atoms with Gasteiger partial charge in [-0.25, -0.2) is 0 Å². The van der Waals surface area contributed by atoms with Gasteiger partial charge in [-0.05, 0) is 48.4 Å². The number of Topliss-reactive ketones (excluding diaryl/α,β-unsaturated/α-hetero) is 2. The molecular formula is C22H26N3O4+. The maximum Gasteiger partial charge on any atom is 0.291 e. The minimum absolute atomic E-state index is 0.351. The molecule has 0 radical (unpaired) electrons. The number of quaternary nitrogens is 1. The first-order valence-corrected chi connectivity index (χ1v) is 9.57. The number of ketones is 2. The second-order valence-corrected chi connectivity index (χ2v) is 7.57. The lowest BCUT2D eigenvalue weighted by molar-refractivity contribution is -0.857. The summed E-state index contributed by atoms with van der Waals surface area (Å²) < 4.78 is 5.26. The normalized spacial score (nSPS) is 19.1. The number of amides is 1. The van der Waals surface area contributed by atoms with Crippen molar-refractivity contribution in [3.05, 3.63) is 59.4 Å². The molecule has 0 bridgehead atoms. The van der Waals surface area contributed by atoms with Crippen molar-refractivity contribution in [3.63, 3.8) is 0 Å². The van der Waals surface area contributed by atoms with E-state index in [1.807, 2.05) is 21.0 Å². The number of ether oxygens (including phenoxy) is 1. The highest BCUT2D eigenvalue weighted by Gasteiger charge is 2.51. The highest BCUT2D eigenvalue weighted by atomic mass is 16.5. The summed E-state index contributed by atoms with van der Waals surface area (Å²) in [5.74, 6) is -2.02. The molecule has 1 amide bonds. The Morgan fingerprint density at radius 1 is 1.17 bits per heavy atom. The van der Waals surface area contributed by atoms with Crippen molar-refractivity contribution in [3.8, 4) is 5.75 Å². The van der Waals surface area contributed by atoms with Crippen molar-refractivity contribution in [1.82, 2.24) is 9.88 Å². The van der Waals surface area contributed by atoms with Gasteiger partial charge < -0.3 is 14.5 Å². The second kappa shape index (κ2) is 8.53. The fourth-order valence-electron chi connectivity index (χ4n) is 3.72. The van der Waals surface area contributed by atoms with Crippen LogP contribution in [0.4, 0.5) is 0 Å². The lowest BCUT2D eigenvalue weighted by Gasteiger charge is -2.27. The van der Waals surface area contributed by atoms with Gasteiger partial charge in [-0.3, -0.25) is 19.4 Å². The zero-order valence-corrected chi connectivity index (χ0v) is 17.1. The maximum atomic E-state index is 13.4. The summed E-state index contributed by atoms with van der Waals surface area (Å²) in [6.07, 6.45) is 3.22. The number of carbonyl (C=O) groups excluding carboxylic acids is 3. The Kier molecular flexibility index (Phi) is 6.08. The molecule has 2 heterocycles. The van der Waals surface area contributed by atoms with Crippen LogP contribution in [0.2, 0.25) is 0 Å². The van der Waals surface area contributed by atoms with Crippen LogP contribution in [-0.4, -0.2) is 61.7 Å². The van der Waals surface area contributed by atoms with E-state index in [0.717, 1.165) is 16.0 Å². The standard InChI is InChI=1S/C22H25N3O4/c1-14-13-16(5-6-17(14)29-4)20(26)18-19(15-7-9-23-10-8-15)25(12-11-24(2)3)22(28)21(18)27/h5-10,13,18-19H,11-12H2,1-4H3/p+1. The molecule has 0 aliphatic carbocycles. The van der Waals surface area contributed by atoms with Crippen LogP contribution in [0, 0.1) is 12.8 Å². The van der Waals surface area contributed by atoms with E-state index in [0.29, 0.717) is 24.4 Å². The van der Waals surface area contributed by atoms with Gasteiger partial charge in [-0.1, -0.05) is 0 Å². The SMILES string of the molecule is COc1ccc(C(=O)C2C(=O)C(=O)N(CC[NH+](C)C)C2c2ccncc2)cc1C. The summed E-state index contributed by atoms with van der Waals surface area (Å²) in [5.41, 5.74) is 1.92. The van der Waals surface area contributed by atoms with Crippen LogP contribution in [0.3, 0.4) is 0 Å². The van der Waals surface area contributed by atoms with Crippen LogP contribution in [0.15, 0.2) is 42.7 Å². The Hall–Kier alpha value is -3.06. The molecule has 29 heavy (non-hydrogen) atoms. The fraction of sp³-hybridized carbons (Fsp3) is 0.364. The van der Waals surface area contributed by atoms with E-state index in [9.17, 15) is 14.4 Å². The number of hydrogen-bond donors (Lipinski definition) is 1. The zero-order chi connectivity index (χ0) is 21.1. The van der Waals surface area contributed by atoms with Gasteiger partial charge in [0.15, 0.2) is 5.78 Å². The number of hydrogen-bond acceptors (Lipinski definition) is 5. The monoisotopic (exact) mass is 396 g/mol. The van der Waals surface area contributed by atoms with Crippen molar-refractivity contribution in [1.29, 1.82) is 0 Å². The number of nitrogens with zero attached hydrogens (tertiary/aromatic N) is 2. The molecule has 152 valence electrons. The van der Waals surface area contributed by atoms with E-state index >= 15 is 0 Å². The summed E-state index contributed by atoms with van der Waals surface area (Å²) in [7, 11) is 5.52. The van der Waals surface area contributed by atoms with Crippen LogP contribution in [0.1, 0.15) is 27.5 Å². The lowest BCUT2D eigenvalue weighted by Crippen LogP contribution is -3.06. The Labute approximate surface area is 170 Å². The third kappa shape index (κ3) is 4.05. The minimum Gasteiger partial charge on any atom is -0.496 e. The van der Waals surface area contributed by atoms with Gasteiger partial charge in [0.05, 0.1) is 40.3 Å². The quantitative estimate of drug-likeness (QED) is 0.419. The average Bonchev–Trinajstić information content (AvgIpc) is 2.97. The van der Waals surface area contributed by atoms with Crippen molar-refractivity contribution in [2.24, 2.45) is 5.92 Å². The summed E-state index contributed by atoms with van der Waals surface area (Å²) in [6, 6.07) is 7.93. The number of carbonyl (C=O) groups is 3. The highest BCUT2D eigenvalue weighted by molar-refractivity contribution is 6.44. The Balaban J connectivity index is 2.02. The molecular weight excluding hydrogens is 370 g/mol. The molecule has 1 aliphatic rings. The van der Waals surface area contributed by atoms with E-state index in [1.54, 1.807) is 49.8 Å². The van der Waals surface area contributed by atoms with Gasteiger partial charge in [-0.2, -0.15) is 0 Å². The van der Waals surface area contributed by atoms with Crippen molar-refractivity contribution >= 4 is 17.5 Å². The van der Waals surface area contributed by atoms with Crippen LogP contribution in [-0.2, 0) is 9.59 Å². The molecule has 1 aliphatic heterocycles. The fourth-order valence-corrected chi connectivity index (χ4v) is 3.72. The predicted molar refractivity (Wildman–Crippen MR) is 107 cm³/mol. The van der Waals surface area contributed by atoms with Crippen molar-refractivity contribution < 1.29 is 24.0 Å². The topological polar surface area (TPSA) is 81.0 Å². The molecule has 1 fully saturated rings. The molecule has 1 aromatic carbocycles. The van der Waals surface area contributed by atoms with Crippen LogP contribution in [0.25, 0.3) is 0 Å². The Morgan fingerprint density at radius 3 is 2.45 bits per heavy atom. The third-order valence-electron chi connectivity index (χ3n) is 5.27. The molecule has 0 saturated carbocycles. The first-order chi connectivity index (χ1) is 13.8. The number of aromatic nitrogens is 1. The van der Waals surface area contributed by atoms with Crippen LogP contribution >= 0.6 is 0 Å². The number of nitrogens with one attached hydrogen (secondary N) is 1. The zero-order valence-electron chi connectivity index (χ0n) is 17.1. The molecule has 1 saturated heterocycles. The summed E-state index contributed by atoms with van der Waals surface area (Å²) in [4.78, 5) is 45.8. The Morgan fingerprint density at radius 2 is 1.86 bits per heavy atom. The maximum absolute atomic E-state index is 13.4. The number of benzene rings is 1. The predicted octanol–water partition coefficient (Wildman–Crippen LogP) is 0.495. The highest BCUT2D eigenvalue weighted by Crippen LogP contribution is 2.38. The number of aryl methyl sites for hydroxylation is 1. The number of rotatable bonds is 7. The number of likely N-dealkylation sites (tertiary alicyclic amines) is 1. The molecule has 2 aromatic rings. The first-order valence-electron chi connectivity index (χ1n) is 9.57. The number of methoxy groups -OCH3 is 1. The van der Waals surface area contributed by atoms with Gasteiger partial charge in [0.2, 0.25) is 5.78 Å². The van der Waals surface area contributed by atoms with Crippen LogP contribution in [0.5, 0.6) is 5.75 Å². The van der Waals surface area contributed by atoms with E-state index in [2.05, 4.69) is 4.98 Å². The smallest absolute Gasteiger partial charge is 0.291 e. The van der Waals surface area contributed by atoms with Gasteiger partial charge in [-0.15, -0.1) is 0 Å². The average molecular weight is 396 g/mol. The molecule has 0 spiro atoms. The van der Waals surface area contributed by atoms with E-state index in [1.165, 1.54) is 4.90 Å². The van der Waals surface area contributed by atoms with E-state index in [-0.39, 0.29) is 5.78 Å². The van der Waals surface area contributed by atoms with Gasteiger partial charge in [0, 0.05) is 18.0 Å². The summed E-state index contributed by atoms with van der Waals surface area (Å²) in [5, 5.41) is 0. The molecule has 2 atom stereocenters. The van der Waals surface area contributed by atoms with Gasteiger partial charge >= 0.3 is 0 Å². The third-order valence-corrected chi connectivity index (χ3v) is 5.27. The lowest BCUT2D eigenvalue weighted by atomic mass is 9.86. The molecule has 7 heteroatoms. The molecule has 3 rings (SSSR count). The molecule has 2 unspecified atom stereocenters. The van der Waals surface area contributed by atoms with Crippen molar-refractivity contribution in [2.45, 2.75) is 13.0 Å². The van der Waals surface area contributed by atoms with Gasteiger partial charge in [0.25, 0.3) is 5.91 Å². The summed E-state index contributed by atoms with van der Waals surface area (Å²) in [6.45, 7) is 2.90. The van der Waals surface area contributed by atoms with E-state index in [4.69, 9.17) is 4.74 Å². The second-order valence-electron chi connectivity index (χ2n) is 7.57. The van der Waals surface area contributed by atoms with E-state index < -0.39 is 23.7 Å². The molecule has 1 aromatic heterocycles. The summed E-state index contributed by atoms with van der Waals surface area (Å²) >= 11 is 0. The minimum atomic E-state index is -1.07. The molecule has 7 nitrogen and oxygen atoms in total. The molecule has 1 N–H and O–H groups in total. The largest absolute Gasteiger partial charge is 0.496 e. The Bertz CT molecular complexity index is 927. The van der Waals surface area contributed by atoms with Crippen LogP contribution < -0.4 is 9.64 Å². The van der Waals surface area contributed by atoms with Gasteiger partial charge in [0.1, 0.15) is 11.7 Å². The first kappa shape index (κ1) is 20.7. The number of likely N-dealkylation sites (N-methyl/N-ethyl adjacent to an activating group) is 1. The van der Waals surface area contributed by atoms with Crippen molar-refractivity contribution in [2.75, 3.05) is 34.3 Å².